The fraction of sp³-hybridized carbons (Fsp3) is 0.412. The van der Waals surface area contributed by atoms with Gasteiger partial charge >= 0.3 is 11.9 Å². The highest BCUT2D eigenvalue weighted by Crippen LogP contribution is 2.33. The molecular formula is C17H18N2O5S2. The summed E-state index contributed by atoms with van der Waals surface area (Å²) in [6, 6.07) is 2.04. The minimum Gasteiger partial charge on any atom is -0.478 e. The van der Waals surface area contributed by atoms with Gasteiger partial charge in [0.25, 0.3) is 0 Å². The maximum absolute atomic E-state index is 11.6. The number of aliphatic imine (C=N–C) groups is 1. The van der Waals surface area contributed by atoms with Crippen LogP contribution < -0.4 is 0 Å². The predicted molar refractivity (Wildman–Crippen MR) is 99.9 cm³/mol. The number of carboxylic acids is 2. The number of aliphatic carboxylic acids is 2. The molecule has 1 atom stereocenters. The van der Waals surface area contributed by atoms with E-state index in [2.05, 4.69) is 4.99 Å². The molecule has 0 saturated carbocycles. The number of hydrogen-bond acceptors (Lipinski definition) is 6. The van der Waals surface area contributed by atoms with E-state index in [1.165, 1.54) is 22.8 Å². The molecule has 3 rings (SSSR count). The van der Waals surface area contributed by atoms with Crippen molar-refractivity contribution >= 4 is 46.7 Å². The number of thioether (sulfide) groups is 1. The third-order valence-electron chi connectivity index (χ3n) is 4.37. The average Bonchev–Trinajstić information content (AvgIpc) is 2.84. The highest BCUT2D eigenvalue weighted by atomic mass is 32.2. The van der Waals surface area contributed by atoms with E-state index in [1.807, 2.05) is 6.07 Å². The fourth-order valence-electron chi connectivity index (χ4n) is 2.96. The van der Waals surface area contributed by atoms with E-state index < -0.39 is 11.9 Å². The quantitative estimate of drug-likeness (QED) is 0.806. The minimum atomic E-state index is -1.13. The van der Waals surface area contributed by atoms with Crippen LogP contribution in [0.15, 0.2) is 22.8 Å². The number of carboxylic acid groups (broad SMARTS) is 2. The van der Waals surface area contributed by atoms with Crippen LogP contribution in [-0.4, -0.2) is 56.2 Å². The number of thiophene rings is 1. The van der Waals surface area contributed by atoms with Crippen LogP contribution in [0.25, 0.3) is 0 Å². The first-order valence-electron chi connectivity index (χ1n) is 8.06. The average molecular weight is 394 g/mol. The molecule has 0 saturated heterocycles. The molecule has 0 bridgehead atoms. The molecule has 0 fully saturated rings. The van der Waals surface area contributed by atoms with Gasteiger partial charge in [0, 0.05) is 47.0 Å². The number of hydrogen-bond donors (Lipinski definition) is 2. The van der Waals surface area contributed by atoms with E-state index >= 15 is 0 Å². The van der Waals surface area contributed by atoms with Gasteiger partial charge in [-0.3, -0.25) is 9.79 Å². The van der Waals surface area contributed by atoms with Crippen LogP contribution >= 0.6 is 23.1 Å². The zero-order valence-corrected chi connectivity index (χ0v) is 15.7. The summed E-state index contributed by atoms with van der Waals surface area (Å²) < 4.78 is 0. The van der Waals surface area contributed by atoms with Gasteiger partial charge in [-0.25, -0.2) is 9.59 Å². The molecule has 0 spiro atoms. The van der Waals surface area contributed by atoms with Crippen LogP contribution in [0.1, 0.15) is 22.2 Å². The molecule has 2 aliphatic heterocycles. The van der Waals surface area contributed by atoms with Crippen LogP contribution in [0.4, 0.5) is 0 Å². The summed E-state index contributed by atoms with van der Waals surface area (Å²) in [4.78, 5) is 42.1. The van der Waals surface area contributed by atoms with Gasteiger partial charge in [0.05, 0.1) is 5.57 Å². The zero-order valence-electron chi connectivity index (χ0n) is 14.1. The predicted octanol–water partition coefficient (Wildman–Crippen LogP) is 1.80. The van der Waals surface area contributed by atoms with Gasteiger partial charge in [0.15, 0.2) is 0 Å². The molecule has 1 amide bonds. The summed E-state index contributed by atoms with van der Waals surface area (Å²) >= 11 is 2.93. The molecule has 7 nitrogen and oxygen atoms in total. The van der Waals surface area contributed by atoms with E-state index in [-0.39, 0.29) is 28.2 Å². The van der Waals surface area contributed by atoms with Crippen molar-refractivity contribution in [2.24, 2.45) is 4.99 Å². The van der Waals surface area contributed by atoms with E-state index in [1.54, 1.807) is 23.2 Å². The van der Waals surface area contributed by atoms with Crippen LogP contribution in [-0.2, 0) is 33.8 Å². The molecular weight excluding hydrogens is 376 g/mol. The molecule has 2 aliphatic rings. The number of rotatable bonds is 4. The van der Waals surface area contributed by atoms with Crippen LogP contribution in [0.3, 0.4) is 0 Å². The molecule has 138 valence electrons. The van der Waals surface area contributed by atoms with Gasteiger partial charge in [-0.05, 0) is 24.5 Å². The highest BCUT2D eigenvalue weighted by Gasteiger charge is 2.28. The molecule has 2 N–H and O–H groups in total. The Morgan fingerprint density at radius 3 is 2.73 bits per heavy atom. The van der Waals surface area contributed by atoms with Crippen molar-refractivity contribution in [3.05, 3.63) is 33.2 Å². The van der Waals surface area contributed by atoms with Crippen LogP contribution in [0.5, 0.6) is 0 Å². The number of amides is 1. The maximum Gasteiger partial charge on any atom is 0.351 e. The largest absolute Gasteiger partial charge is 0.478 e. The zero-order chi connectivity index (χ0) is 18.8. The van der Waals surface area contributed by atoms with Gasteiger partial charge < -0.3 is 15.1 Å². The molecule has 1 aromatic rings. The summed E-state index contributed by atoms with van der Waals surface area (Å²) in [5, 5.41) is 18.2. The minimum absolute atomic E-state index is 0.0428. The Morgan fingerprint density at radius 1 is 1.31 bits per heavy atom. The smallest absolute Gasteiger partial charge is 0.351 e. The van der Waals surface area contributed by atoms with Crippen molar-refractivity contribution < 1.29 is 24.6 Å². The molecule has 0 radical (unpaired) electrons. The monoisotopic (exact) mass is 394 g/mol. The van der Waals surface area contributed by atoms with E-state index in [0.29, 0.717) is 19.5 Å². The van der Waals surface area contributed by atoms with Crippen LogP contribution in [0.2, 0.25) is 0 Å². The summed E-state index contributed by atoms with van der Waals surface area (Å²) in [5.74, 6) is -1.99. The third kappa shape index (κ3) is 3.99. The van der Waals surface area contributed by atoms with Crippen molar-refractivity contribution in [3.63, 3.8) is 0 Å². The van der Waals surface area contributed by atoms with Crippen molar-refractivity contribution in [1.82, 2.24) is 4.90 Å². The van der Waals surface area contributed by atoms with Crippen molar-refractivity contribution in [2.45, 2.75) is 31.6 Å². The molecule has 1 aromatic heterocycles. The topological polar surface area (TPSA) is 107 Å². The van der Waals surface area contributed by atoms with E-state index in [4.69, 9.17) is 5.11 Å². The number of carbonyl (C=O) groups is 3. The Morgan fingerprint density at radius 2 is 2.08 bits per heavy atom. The molecule has 9 heteroatoms. The molecule has 0 aliphatic carbocycles. The third-order valence-corrected chi connectivity index (χ3v) is 6.89. The molecule has 26 heavy (non-hydrogen) atoms. The van der Waals surface area contributed by atoms with Crippen LogP contribution in [0, 0.1) is 0 Å². The Labute approximate surface area is 158 Å². The number of nitrogens with zero attached hydrogens (tertiary/aromatic N) is 2. The van der Waals surface area contributed by atoms with E-state index in [9.17, 15) is 19.5 Å². The lowest BCUT2D eigenvalue weighted by Crippen LogP contribution is -2.33. The Hall–Kier alpha value is -2.13. The first kappa shape index (κ1) is 18.7. The lowest BCUT2D eigenvalue weighted by Gasteiger charge is -2.25. The standard InChI is InChI=1S/C17H18N2O5S2/c1-9(20)19-3-2-14-10(7-19)4-11(26-14)5-15-12(16(21)22)6-18-13(8-25-15)17(23)24/h4,6,15H,2-3,5,7-8H2,1H3,(H,21,22)(H,23,24). The second kappa shape index (κ2) is 7.63. The fourth-order valence-corrected chi connectivity index (χ4v) is 5.48. The first-order valence-corrected chi connectivity index (χ1v) is 9.92. The van der Waals surface area contributed by atoms with Gasteiger partial charge in [-0.2, -0.15) is 0 Å². The maximum atomic E-state index is 11.6. The van der Waals surface area contributed by atoms with Gasteiger partial charge in [-0.15, -0.1) is 23.1 Å². The first-order chi connectivity index (χ1) is 12.3. The van der Waals surface area contributed by atoms with E-state index in [0.717, 1.165) is 16.9 Å². The lowest BCUT2D eigenvalue weighted by atomic mass is 10.1. The molecule has 0 aromatic carbocycles. The van der Waals surface area contributed by atoms with Crippen molar-refractivity contribution in [1.29, 1.82) is 0 Å². The van der Waals surface area contributed by atoms with Gasteiger partial charge in [0.2, 0.25) is 5.91 Å². The highest BCUT2D eigenvalue weighted by molar-refractivity contribution is 8.00. The van der Waals surface area contributed by atoms with Crippen molar-refractivity contribution in [3.8, 4) is 0 Å². The second-order valence-electron chi connectivity index (χ2n) is 6.13. The lowest BCUT2D eigenvalue weighted by molar-refractivity contribution is -0.133. The number of carbonyl (C=O) groups excluding carboxylic acids is 1. The van der Waals surface area contributed by atoms with Gasteiger partial charge in [-0.1, -0.05) is 0 Å². The Bertz CT molecular complexity index is 827. The van der Waals surface area contributed by atoms with Crippen molar-refractivity contribution in [2.75, 3.05) is 12.3 Å². The normalized spacial score (nSPS) is 19.9. The van der Waals surface area contributed by atoms with Gasteiger partial charge in [0.1, 0.15) is 5.71 Å². The second-order valence-corrected chi connectivity index (χ2v) is 8.54. The summed E-state index contributed by atoms with van der Waals surface area (Å²) in [6.07, 6.45) is 2.48. The summed E-state index contributed by atoms with van der Waals surface area (Å²) in [7, 11) is 0. The SMILES string of the molecule is CC(=O)N1CCc2sc(CC3SCC(C(=O)O)=NC=C3C(=O)O)cc2C1. The summed E-state index contributed by atoms with van der Waals surface area (Å²) in [6.45, 7) is 2.86. The Kier molecular flexibility index (Phi) is 5.47. The molecule has 1 unspecified atom stereocenters. The summed E-state index contributed by atoms with van der Waals surface area (Å²) in [5.41, 5.74) is 1.19. The molecule has 3 heterocycles. The Balaban J connectivity index is 1.78. The number of fused-ring (bicyclic) bond motifs is 1.